The molecule has 0 aliphatic carbocycles. The van der Waals surface area contributed by atoms with E-state index in [1.807, 2.05) is 13.8 Å². The quantitative estimate of drug-likeness (QED) is 0.729. The van der Waals surface area contributed by atoms with Gasteiger partial charge in [-0.3, -0.25) is 0 Å². The van der Waals surface area contributed by atoms with Crippen LogP contribution < -0.4 is 4.72 Å². The van der Waals surface area contributed by atoms with Crippen LogP contribution in [0.25, 0.3) is 0 Å². The van der Waals surface area contributed by atoms with E-state index in [9.17, 15) is 13.5 Å². The maximum atomic E-state index is 12.5. The number of morpholine rings is 1. The maximum absolute atomic E-state index is 12.5. The predicted octanol–water partition coefficient (Wildman–Crippen LogP) is -0.528. The van der Waals surface area contributed by atoms with Gasteiger partial charge in [0, 0.05) is 26.3 Å². The standard InChI is InChI=1S/C12H24N2O5S/c1-10-7-14(8-11(2)19-10)20(16,17)13-12(9-15)3-5-18-6-4-12/h10-11,13,15H,3-9H2,1-2H3. The van der Waals surface area contributed by atoms with Gasteiger partial charge in [-0.25, -0.2) is 0 Å². The number of aliphatic hydroxyl groups excluding tert-OH is 1. The fraction of sp³-hybridized carbons (Fsp3) is 1.00. The Labute approximate surface area is 120 Å². The van der Waals surface area contributed by atoms with Crippen molar-refractivity contribution in [1.29, 1.82) is 0 Å². The van der Waals surface area contributed by atoms with E-state index >= 15 is 0 Å². The van der Waals surface area contributed by atoms with Crippen molar-refractivity contribution in [1.82, 2.24) is 9.03 Å². The fourth-order valence-electron chi connectivity index (χ4n) is 2.72. The van der Waals surface area contributed by atoms with Gasteiger partial charge in [0.1, 0.15) is 0 Å². The first-order valence-corrected chi connectivity index (χ1v) is 8.44. The molecule has 0 radical (unpaired) electrons. The molecule has 2 heterocycles. The van der Waals surface area contributed by atoms with Crippen LogP contribution in [0.5, 0.6) is 0 Å². The minimum atomic E-state index is -3.63. The number of aliphatic hydroxyl groups is 1. The monoisotopic (exact) mass is 308 g/mol. The Hall–Kier alpha value is -0.250. The molecule has 2 saturated heterocycles. The molecule has 2 aliphatic heterocycles. The van der Waals surface area contributed by atoms with Crippen molar-refractivity contribution in [2.24, 2.45) is 0 Å². The van der Waals surface area contributed by atoms with Crippen molar-refractivity contribution in [3.05, 3.63) is 0 Å². The van der Waals surface area contributed by atoms with Gasteiger partial charge in [-0.05, 0) is 26.7 Å². The third-order valence-electron chi connectivity index (χ3n) is 3.82. The normalized spacial score (nSPS) is 32.1. The van der Waals surface area contributed by atoms with Crippen LogP contribution in [-0.4, -0.2) is 68.5 Å². The van der Waals surface area contributed by atoms with Crippen LogP contribution in [0.2, 0.25) is 0 Å². The van der Waals surface area contributed by atoms with Crippen molar-refractivity contribution >= 4 is 10.2 Å². The number of hydrogen-bond donors (Lipinski definition) is 2. The van der Waals surface area contributed by atoms with Gasteiger partial charge in [0.2, 0.25) is 0 Å². The van der Waals surface area contributed by atoms with Gasteiger partial charge in [-0.15, -0.1) is 0 Å². The molecule has 2 fully saturated rings. The topological polar surface area (TPSA) is 88.1 Å². The number of hydrogen-bond acceptors (Lipinski definition) is 5. The molecule has 0 aromatic heterocycles. The van der Waals surface area contributed by atoms with Crippen LogP contribution in [0, 0.1) is 0 Å². The molecule has 0 aromatic rings. The van der Waals surface area contributed by atoms with Gasteiger partial charge in [-0.2, -0.15) is 17.4 Å². The zero-order chi connectivity index (χ0) is 14.8. The molecule has 2 N–H and O–H groups in total. The maximum Gasteiger partial charge on any atom is 0.280 e. The van der Waals surface area contributed by atoms with E-state index in [0.717, 1.165) is 0 Å². The Bertz CT molecular complexity index is 412. The van der Waals surface area contributed by atoms with E-state index in [2.05, 4.69) is 4.72 Å². The van der Waals surface area contributed by atoms with Gasteiger partial charge < -0.3 is 14.6 Å². The Morgan fingerprint density at radius 3 is 2.30 bits per heavy atom. The van der Waals surface area contributed by atoms with E-state index in [-0.39, 0.29) is 18.8 Å². The highest BCUT2D eigenvalue weighted by Gasteiger charge is 2.40. The highest BCUT2D eigenvalue weighted by molar-refractivity contribution is 7.87. The van der Waals surface area contributed by atoms with E-state index in [1.165, 1.54) is 4.31 Å². The van der Waals surface area contributed by atoms with Crippen molar-refractivity contribution < 1.29 is 23.0 Å². The van der Waals surface area contributed by atoms with Crippen molar-refractivity contribution in [2.45, 2.75) is 44.4 Å². The summed E-state index contributed by atoms with van der Waals surface area (Å²) in [6, 6.07) is 0. The van der Waals surface area contributed by atoms with Crippen molar-refractivity contribution in [3.8, 4) is 0 Å². The third-order valence-corrected chi connectivity index (χ3v) is 5.49. The highest BCUT2D eigenvalue weighted by atomic mass is 32.2. The molecule has 0 amide bonds. The summed E-state index contributed by atoms with van der Waals surface area (Å²) < 4.78 is 39.9. The SMILES string of the molecule is CC1CN(S(=O)(=O)NC2(CO)CCOCC2)CC(C)O1. The lowest BCUT2D eigenvalue weighted by Crippen LogP contribution is -2.60. The van der Waals surface area contributed by atoms with E-state index in [1.54, 1.807) is 0 Å². The minimum absolute atomic E-state index is 0.130. The van der Waals surface area contributed by atoms with Crippen LogP contribution in [0.15, 0.2) is 0 Å². The first-order valence-electron chi connectivity index (χ1n) is 7.00. The van der Waals surface area contributed by atoms with E-state index < -0.39 is 15.7 Å². The largest absolute Gasteiger partial charge is 0.394 e. The molecule has 0 bridgehead atoms. The molecule has 2 atom stereocenters. The Morgan fingerprint density at radius 2 is 1.80 bits per heavy atom. The molecule has 0 saturated carbocycles. The average Bonchev–Trinajstić information content (AvgIpc) is 2.38. The molecular weight excluding hydrogens is 284 g/mol. The smallest absolute Gasteiger partial charge is 0.280 e. The lowest BCUT2D eigenvalue weighted by atomic mass is 9.93. The van der Waals surface area contributed by atoms with Gasteiger partial charge in [0.05, 0.1) is 24.4 Å². The number of rotatable bonds is 4. The molecule has 2 aliphatic rings. The van der Waals surface area contributed by atoms with Gasteiger partial charge in [-0.1, -0.05) is 0 Å². The summed E-state index contributed by atoms with van der Waals surface area (Å²) in [6.07, 6.45) is 0.710. The summed E-state index contributed by atoms with van der Waals surface area (Å²) in [5, 5.41) is 9.58. The summed E-state index contributed by atoms with van der Waals surface area (Å²) >= 11 is 0. The summed E-state index contributed by atoms with van der Waals surface area (Å²) in [5.41, 5.74) is -0.804. The van der Waals surface area contributed by atoms with Gasteiger partial charge in [0.25, 0.3) is 10.2 Å². The summed E-state index contributed by atoms with van der Waals surface area (Å²) in [5.74, 6) is 0. The first kappa shape index (κ1) is 16.1. The van der Waals surface area contributed by atoms with E-state index in [0.29, 0.717) is 39.1 Å². The molecule has 0 aromatic carbocycles. The van der Waals surface area contributed by atoms with E-state index in [4.69, 9.17) is 9.47 Å². The van der Waals surface area contributed by atoms with Crippen LogP contribution in [0.4, 0.5) is 0 Å². The first-order chi connectivity index (χ1) is 9.37. The Kier molecular flexibility index (Phi) is 5.04. The summed E-state index contributed by atoms with van der Waals surface area (Å²) in [6.45, 7) is 5.07. The zero-order valence-corrected chi connectivity index (χ0v) is 12.9. The molecular formula is C12H24N2O5S. The predicted molar refractivity (Wildman–Crippen MR) is 73.5 cm³/mol. The number of ether oxygens (including phenoxy) is 2. The second kappa shape index (κ2) is 6.25. The van der Waals surface area contributed by atoms with Crippen molar-refractivity contribution in [2.75, 3.05) is 32.9 Å². The fourth-order valence-corrected chi connectivity index (χ4v) is 4.48. The van der Waals surface area contributed by atoms with Crippen molar-refractivity contribution in [3.63, 3.8) is 0 Å². The lowest BCUT2D eigenvalue weighted by molar-refractivity contribution is -0.0452. The van der Waals surface area contributed by atoms with Gasteiger partial charge >= 0.3 is 0 Å². The van der Waals surface area contributed by atoms with Crippen LogP contribution in [-0.2, 0) is 19.7 Å². The minimum Gasteiger partial charge on any atom is -0.394 e. The highest BCUT2D eigenvalue weighted by Crippen LogP contribution is 2.23. The van der Waals surface area contributed by atoms with Crippen LogP contribution >= 0.6 is 0 Å². The summed E-state index contributed by atoms with van der Waals surface area (Å²) in [4.78, 5) is 0. The molecule has 7 nitrogen and oxygen atoms in total. The second-order valence-electron chi connectivity index (χ2n) is 5.73. The van der Waals surface area contributed by atoms with Gasteiger partial charge in [0.15, 0.2) is 0 Å². The molecule has 118 valence electrons. The number of nitrogens with one attached hydrogen (secondary N) is 1. The average molecular weight is 308 g/mol. The summed E-state index contributed by atoms with van der Waals surface area (Å²) in [7, 11) is -3.63. The molecule has 2 unspecified atom stereocenters. The third kappa shape index (κ3) is 3.69. The Balaban J connectivity index is 2.09. The number of nitrogens with zero attached hydrogens (tertiary/aromatic N) is 1. The molecule has 20 heavy (non-hydrogen) atoms. The molecule has 0 spiro atoms. The Morgan fingerprint density at radius 1 is 1.25 bits per heavy atom. The lowest BCUT2D eigenvalue weighted by Gasteiger charge is -2.40. The van der Waals surface area contributed by atoms with Crippen LogP contribution in [0.3, 0.4) is 0 Å². The molecule has 2 rings (SSSR count). The van der Waals surface area contributed by atoms with Crippen LogP contribution in [0.1, 0.15) is 26.7 Å². The second-order valence-corrected chi connectivity index (χ2v) is 7.40. The zero-order valence-electron chi connectivity index (χ0n) is 12.0. The molecule has 8 heteroatoms.